The molecule has 47 heavy (non-hydrogen) atoms. The standard InChI is InChI=1S/C32H33N7O8/c1-4-12-39(32(44)46-18-45-27(41)14-21-6-9-23(40)10-7-21)31(43)24-16-34-28(20(24)3)29(35-17-33)36-25-15-22(8-5-19(25)2)30(42)37-26-11-13-47-38-26/h5-11,13,15-17,34,40H,4,12,14,18H2,1-3H3,(H2,33,35,36)(H,37,38,42). The molecule has 0 bridgehead atoms. The molecule has 3 amide bonds. The van der Waals surface area contributed by atoms with Crippen LogP contribution in [0.15, 0.2) is 75.5 Å². The van der Waals surface area contributed by atoms with E-state index < -0.39 is 30.7 Å². The Morgan fingerprint density at radius 3 is 2.55 bits per heavy atom. The number of rotatable bonds is 11. The molecule has 4 rings (SSSR count). The Morgan fingerprint density at radius 1 is 1.11 bits per heavy atom. The van der Waals surface area contributed by atoms with Gasteiger partial charge in [-0.25, -0.2) is 19.7 Å². The Bertz CT molecular complexity index is 1790. The molecule has 2 aromatic carbocycles. The minimum Gasteiger partial charge on any atom is -0.508 e. The first-order chi connectivity index (χ1) is 22.6. The number of aromatic hydroxyl groups is 1. The largest absolute Gasteiger partial charge is 0.508 e. The quantitative estimate of drug-likeness (QED) is 0.0783. The summed E-state index contributed by atoms with van der Waals surface area (Å²) < 4.78 is 14.8. The number of imide groups is 1. The number of aliphatic imine (C=N–C) groups is 2. The lowest BCUT2D eigenvalue weighted by Crippen LogP contribution is -2.38. The van der Waals surface area contributed by atoms with Crippen LogP contribution in [0.3, 0.4) is 0 Å². The fraction of sp³-hybridized carbons (Fsp3) is 0.219. The Labute approximate surface area is 269 Å². The van der Waals surface area contributed by atoms with Crippen LogP contribution in [0.25, 0.3) is 0 Å². The van der Waals surface area contributed by atoms with Gasteiger partial charge in [0.25, 0.3) is 11.8 Å². The maximum absolute atomic E-state index is 13.5. The van der Waals surface area contributed by atoms with E-state index in [2.05, 4.69) is 25.4 Å². The van der Waals surface area contributed by atoms with Crippen molar-refractivity contribution < 1.29 is 38.3 Å². The van der Waals surface area contributed by atoms with Crippen LogP contribution in [-0.4, -0.2) is 69.5 Å². The number of nitrogens with one attached hydrogen (secondary N) is 2. The number of H-pyrrole nitrogens is 1. The minimum absolute atomic E-state index is 0.0311. The average molecular weight is 644 g/mol. The number of ether oxygens (including phenoxy) is 2. The molecule has 0 spiro atoms. The number of carbonyl (C=O) groups excluding carboxylic acids is 4. The molecule has 15 nitrogen and oxygen atoms in total. The van der Waals surface area contributed by atoms with Crippen LogP contribution >= 0.6 is 0 Å². The molecule has 0 unspecified atom stereocenters. The third-order valence-corrected chi connectivity index (χ3v) is 6.77. The number of aromatic nitrogens is 2. The number of phenols is 1. The lowest BCUT2D eigenvalue weighted by atomic mass is 10.1. The molecular weight excluding hydrogens is 610 g/mol. The summed E-state index contributed by atoms with van der Waals surface area (Å²) in [6.07, 6.45) is 3.12. The van der Waals surface area contributed by atoms with Crippen LogP contribution in [0, 0.1) is 13.8 Å². The van der Waals surface area contributed by atoms with E-state index in [1.54, 1.807) is 51.1 Å². The highest BCUT2D eigenvalue weighted by Crippen LogP contribution is 2.25. The molecule has 0 aliphatic heterocycles. The summed E-state index contributed by atoms with van der Waals surface area (Å²) >= 11 is 0. The van der Waals surface area contributed by atoms with Crippen LogP contribution in [0.5, 0.6) is 5.75 Å². The number of aromatic amines is 1. The predicted molar refractivity (Wildman–Crippen MR) is 171 cm³/mol. The molecule has 4 aromatic rings. The van der Waals surface area contributed by atoms with E-state index in [0.717, 1.165) is 16.8 Å². The van der Waals surface area contributed by atoms with E-state index in [1.807, 2.05) is 0 Å². The van der Waals surface area contributed by atoms with Gasteiger partial charge in [0.15, 0.2) is 11.7 Å². The lowest BCUT2D eigenvalue weighted by molar-refractivity contribution is -0.151. The molecule has 0 saturated carbocycles. The molecular formula is C32H33N7O8. The Morgan fingerprint density at radius 2 is 1.87 bits per heavy atom. The van der Waals surface area contributed by atoms with Gasteiger partial charge in [-0.15, -0.1) is 0 Å². The van der Waals surface area contributed by atoms with Crippen molar-refractivity contribution in [3.63, 3.8) is 0 Å². The second kappa shape index (κ2) is 15.7. The third kappa shape index (κ3) is 8.69. The molecule has 0 aliphatic rings. The topological polar surface area (TPSA) is 215 Å². The summed E-state index contributed by atoms with van der Waals surface area (Å²) in [5.41, 5.74) is 8.58. The molecule has 15 heteroatoms. The zero-order valence-electron chi connectivity index (χ0n) is 25.9. The first-order valence-corrected chi connectivity index (χ1v) is 14.4. The van der Waals surface area contributed by atoms with Crippen molar-refractivity contribution in [1.82, 2.24) is 15.0 Å². The third-order valence-electron chi connectivity index (χ3n) is 6.77. The zero-order valence-corrected chi connectivity index (χ0v) is 25.9. The first kappa shape index (κ1) is 33.6. The van der Waals surface area contributed by atoms with Crippen molar-refractivity contribution in [1.29, 1.82) is 0 Å². The highest BCUT2D eigenvalue weighted by molar-refractivity contribution is 6.09. The number of amides is 3. The summed E-state index contributed by atoms with van der Waals surface area (Å²) in [5, 5.41) is 15.7. The van der Waals surface area contributed by atoms with Gasteiger partial charge in [-0.3, -0.25) is 14.4 Å². The maximum Gasteiger partial charge on any atom is 0.419 e. The van der Waals surface area contributed by atoms with Gasteiger partial charge in [-0.05, 0) is 61.2 Å². The molecule has 2 heterocycles. The highest BCUT2D eigenvalue weighted by atomic mass is 16.7. The number of carbonyl (C=O) groups is 4. The molecule has 0 aliphatic carbocycles. The van der Waals surface area contributed by atoms with E-state index >= 15 is 0 Å². The summed E-state index contributed by atoms with van der Waals surface area (Å²) in [6.45, 7) is 4.57. The van der Waals surface area contributed by atoms with Gasteiger partial charge in [-0.1, -0.05) is 30.3 Å². The fourth-order valence-corrected chi connectivity index (χ4v) is 4.32. The number of phenolic OH excluding ortho intramolecular Hbond substituents is 1. The number of anilines is 1. The van der Waals surface area contributed by atoms with Crippen molar-refractivity contribution in [2.24, 2.45) is 15.7 Å². The number of amidine groups is 1. The van der Waals surface area contributed by atoms with Gasteiger partial charge in [0, 0.05) is 24.4 Å². The Balaban J connectivity index is 1.49. The number of hydrogen-bond donors (Lipinski definition) is 4. The van der Waals surface area contributed by atoms with Gasteiger partial charge in [-0.2, -0.15) is 0 Å². The van der Waals surface area contributed by atoms with Crippen LogP contribution < -0.4 is 11.1 Å². The zero-order chi connectivity index (χ0) is 33.9. The van der Waals surface area contributed by atoms with Gasteiger partial charge >= 0.3 is 12.1 Å². The first-order valence-electron chi connectivity index (χ1n) is 14.4. The summed E-state index contributed by atoms with van der Waals surface area (Å²) in [7, 11) is 0. The van der Waals surface area contributed by atoms with E-state index in [4.69, 9.17) is 19.7 Å². The number of hydrogen-bond acceptors (Lipinski definition) is 10. The second-order valence-corrected chi connectivity index (χ2v) is 10.1. The Hall–Kier alpha value is -6.25. The minimum atomic E-state index is -0.998. The van der Waals surface area contributed by atoms with Crippen molar-refractivity contribution in [3.05, 3.63) is 94.5 Å². The van der Waals surface area contributed by atoms with Crippen LogP contribution in [-0.2, 0) is 20.7 Å². The predicted octanol–water partition coefficient (Wildman–Crippen LogP) is 4.37. The molecule has 0 radical (unpaired) electrons. The van der Waals surface area contributed by atoms with Crippen molar-refractivity contribution in [2.75, 3.05) is 18.7 Å². The van der Waals surface area contributed by atoms with Gasteiger partial charge in [0.2, 0.25) is 6.79 Å². The maximum atomic E-state index is 13.5. The SMILES string of the molecule is CCCN(C(=O)OCOC(=O)Cc1ccc(O)cc1)C(=O)c1c[nH]c(C(N=CN)=Nc2cc(C(=O)Nc3ccon3)ccc2C)c1C. The van der Waals surface area contributed by atoms with Gasteiger partial charge in [0.1, 0.15) is 12.0 Å². The van der Waals surface area contributed by atoms with Crippen LogP contribution in [0.4, 0.5) is 16.3 Å². The highest BCUT2D eigenvalue weighted by Gasteiger charge is 2.28. The van der Waals surface area contributed by atoms with E-state index in [1.165, 1.54) is 30.7 Å². The molecule has 244 valence electrons. The van der Waals surface area contributed by atoms with E-state index in [-0.39, 0.29) is 35.9 Å². The lowest BCUT2D eigenvalue weighted by Gasteiger charge is -2.19. The molecule has 0 fully saturated rings. The number of nitrogens with zero attached hydrogens (tertiary/aromatic N) is 4. The second-order valence-electron chi connectivity index (χ2n) is 10.1. The normalized spacial score (nSPS) is 11.3. The van der Waals surface area contributed by atoms with Gasteiger partial charge < -0.3 is 35.1 Å². The van der Waals surface area contributed by atoms with Crippen LogP contribution in [0.1, 0.15) is 56.4 Å². The van der Waals surface area contributed by atoms with Crippen LogP contribution in [0.2, 0.25) is 0 Å². The number of aryl methyl sites for hydroxylation is 1. The summed E-state index contributed by atoms with van der Waals surface area (Å²) in [5.74, 6) is -1.33. The van der Waals surface area contributed by atoms with Crippen molar-refractivity contribution >= 4 is 47.6 Å². The molecule has 2 aromatic heterocycles. The van der Waals surface area contributed by atoms with Crippen molar-refractivity contribution in [2.45, 2.75) is 33.6 Å². The fourth-order valence-electron chi connectivity index (χ4n) is 4.32. The number of benzene rings is 2. The van der Waals surface area contributed by atoms with Crippen molar-refractivity contribution in [3.8, 4) is 5.75 Å². The number of nitrogens with two attached hydrogens (primary N) is 1. The summed E-state index contributed by atoms with van der Waals surface area (Å²) in [6, 6.07) is 12.4. The van der Waals surface area contributed by atoms with E-state index in [9.17, 15) is 24.3 Å². The smallest absolute Gasteiger partial charge is 0.419 e. The monoisotopic (exact) mass is 643 g/mol. The summed E-state index contributed by atoms with van der Waals surface area (Å²) in [4.78, 5) is 64.0. The molecule has 0 saturated heterocycles. The van der Waals surface area contributed by atoms with E-state index in [0.29, 0.717) is 34.5 Å². The molecule has 0 atom stereocenters. The molecule has 5 N–H and O–H groups in total. The Kier molecular flexibility index (Phi) is 11.2. The van der Waals surface area contributed by atoms with Gasteiger partial charge in [0.05, 0.1) is 29.7 Å². The number of esters is 1. The average Bonchev–Trinajstić information content (AvgIpc) is 3.70.